The highest BCUT2D eigenvalue weighted by Gasteiger charge is 2.40. The molecule has 0 fully saturated rings. The van der Waals surface area contributed by atoms with Crippen LogP contribution in [0.5, 0.6) is 0 Å². The zero-order chi connectivity index (χ0) is 22.7. The number of hydrogen-bond acceptors (Lipinski definition) is 5. The fourth-order valence-electron chi connectivity index (χ4n) is 4.68. The molecule has 0 amide bonds. The SMILES string of the molecule is CCCc1sc(C)c(C2=C(c3c(C)sc(CCC)c3CCC)C(=O)OC2=O)c1CCC. The minimum atomic E-state index is -0.480. The summed E-state index contributed by atoms with van der Waals surface area (Å²) in [6.07, 6.45) is 7.98. The highest BCUT2D eigenvalue weighted by atomic mass is 32.1. The summed E-state index contributed by atoms with van der Waals surface area (Å²) in [6, 6.07) is 0. The third-order valence-corrected chi connectivity index (χ3v) is 8.25. The van der Waals surface area contributed by atoms with Crippen LogP contribution in [0, 0.1) is 13.8 Å². The van der Waals surface area contributed by atoms with Gasteiger partial charge in [0.05, 0.1) is 11.1 Å². The van der Waals surface area contributed by atoms with Gasteiger partial charge in [-0.1, -0.05) is 53.4 Å². The van der Waals surface area contributed by atoms with Crippen molar-refractivity contribution in [2.75, 3.05) is 0 Å². The van der Waals surface area contributed by atoms with Gasteiger partial charge in [-0.05, 0) is 50.7 Å². The van der Waals surface area contributed by atoms with Crippen LogP contribution in [-0.4, -0.2) is 11.9 Å². The van der Waals surface area contributed by atoms with Gasteiger partial charge in [-0.25, -0.2) is 9.59 Å². The Balaban J connectivity index is 2.33. The maximum Gasteiger partial charge on any atom is 0.347 e. The maximum absolute atomic E-state index is 13.1. The van der Waals surface area contributed by atoms with Crippen molar-refractivity contribution in [1.82, 2.24) is 0 Å². The Morgan fingerprint density at radius 2 is 0.968 bits per heavy atom. The summed E-state index contributed by atoms with van der Waals surface area (Å²) in [5.41, 5.74) is 5.42. The van der Waals surface area contributed by atoms with E-state index in [-0.39, 0.29) is 0 Å². The van der Waals surface area contributed by atoms with Crippen molar-refractivity contribution in [3.05, 3.63) is 41.8 Å². The lowest BCUT2D eigenvalue weighted by atomic mass is 9.88. The Morgan fingerprint density at radius 3 is 1.29 bits per heavy atom. The van der Waals surface area contributed by atoms with Crippen molar-refractivity contribution in [3.8, 4) is 0 Å². The van der Waals surface area contributed by atoms with Crippen molar-refractivity contribution >= 4 is 45.8 Å². The second-order valence-electron chi connectivity index (χ2n) is 8.30. The fourth-order valence-corrected chi connectivity index (χ4v) is 7.34. The van der Waals surface area contributed by atoms with Crippen molar-refractivity contribution < 1.29 is 14.3 Å². The summed E-state index contributed by atoms with van der Waals surface area (Å²) in [7, 11) is 0. The van der Waals surface area contributed by atoms with E-state index in [1.807, 2.05) is 0 Å². The molecule has 0 bridgehead atoms. The topological polar surface area (TPSA) is 43.4 Å². The lowest BCUT2D eigenvalue weighted by Crippen LogP contribution is -2.03. The summed E-state index contributed by atoms with van der Waals surface area (Å²) < 4.78 is 5.27. The highest BCUT2D eigenvalue weighted by molar-refractivity contribution is 7.13. The quantitative estimate of drug-likeness (QED) is 0.279. The number of aryl methyl sites for hydroxylation is 4. The molecule has 0 saturated heterocycles. The smallest absolute Gasteiger partial charge is 0.347 e. The van der Waals surface area contributed by atoms with Gasteiger partial charge in [0.2, 0.25) is 0 Å². The summed E-state index contributed by atoms with van der Waals surface area (Å²) in [5, 5.41) is 0. The van der Waals surface area contributed by atoms with Crippen molar-refractivity contribution in [2.24, 2.45) is 0 Å². The standard InChI is InChI=1S/C26H34O3S2/c1-7-11-17-19(13-9-3)30-15(5)21(17)23-24(26(28)29-25(23)27)22-16(6)31-20(14-10-4)18(22)12-8-2/h7-14H2,1-6H3. The number of thiophene rings is 2. The molecular formula is C26H34O3S2. The molecule has 2 aromatic rings. The van der Waals surface area contributed by atoms with Crippen LogP contribution in [0.2, 0.25) is 0 Å². The van der Waals surface area contributed by atoms with E-state index in [2.05, 4.69) is 41.5 Å². The van der Waals surface area contributed by atoms with Crippen molar-refractivity contribution in [3.63, 3.8) is 0 Å². The van der Waals surface area contributed by atoms with E-state index >= 15 is 0 Å². The van der Waals surface area contributed by atoms with Crippen molar-refractivity contribution in [2.45, 2.75) is 92.9 Å². The Morgan fingerprint density at radius 1 is 0.613 bits per heavy atom. The van der Waals surface area contributed by atoms with Gasteiger partial charge in [0.1, 0.15) is 0 Å². The summed E-state index contributed by atoms with van der Waals surface area (Å²) in [4.78, 5) is 31.1. The van der Waals surface area contributed by atoms with Gasteiger partial charge in [0.25, 0.3) is 0 Å². The van der Waals surface area contributed by atoms with Gasteiger partial charge in [-0.3, -0.25) is 0 Å². The number of hydrogen-bond donors (Lipinski definition) is 0. The van der Waals surface area contributed by atoms with Crippen LogP contribution in [-0.2, 0) is 40.0 Å². The van der Waals surface area contributed by atoms with Gasteiger partial charge < -0.3 is 4.74 Å². The minimum absolute atomic E-state index is 0.480. The summed E-state index contributed by atoms with van der Waals surface area (Å²) >= 11 is 3.55. The predicted octanol–water partition coefficient (Wildman–Crippen LogP) is 7.23. The largest absolute Gasteiger partial charge is 0.386 e. The fraction of sp³-hybridized carbons (Fsp3) is 0.538. The molecule has 0 saturated carbocycles. The number of carbonyl (C=O) groups is 2. The Hall–Kier alpha value is -1.72. The first-order valence-electron chi connectivity index (χ1n) is 11.6. The molecule has 3 rings (SSSR count). The average Bonchev–Trinajstić information content (AvgIpc) is 3.28. The summed E-state index contributed by atoms with van der Waals surface area (Å²) in [6.45, 7) is 12.9. The Bertz CT molecular complexity index is 940. The first-order valence-corrected chi connectivity index (χ1v) is 13.3. The molecule has 0 radical (unpaired) electrons. The molecule has 2 aromatic heterocycles. The predicted molar refractivity (Wildman–Crippen MR) is 132 cm³/mol. The molecule has 0 aliphatic carbocycles. The summed E-state index contributed by atoms with van der Waals surface area (Å²) in [5.74, 6) is -0.960. The van der Waals surface area contributed by atoms with E-state index in [1.54, 1.807) is 22.7 Å². The molecule has 3 nitrogen and oxygen atoms in total. The first-order chi connectivity index (χ1) is 14.9. The average molecular weight is 459 g/mol. The number of ether oxygens (including phenoxy) is 1. The van der Waals surface area contributed by atoms with Gasteiger partial charge in [-0.15, -0.1) is 22.7 Å². The lowest BCUT2D eigenvalue weighted by Gasteiger charge is -2.10. The second-order valence-corrected chi connectivity index (χ2v) is 10.9. The molecule has 0 unspecified atom stereocenters. The monoisotopic (exact) mass is 458 g/mol. The Kier molecular flexibility index (Phi) is 7.92. The molecule has 1 aliphatic heterocycles. The van der Waals surface area contributed by atoms with Crippen molar-refractivity contribution in [1.29, 1.82) is 0 Å². The molecule has 0 N–H and O–H groups in total. The van der Waals surface area contributed by atoms with Crippen LogP contribution in [0.4, 0.5) is 0 Å². The van der Waals surface area contributed by atoms with Crippen LogP contribution in [0.1, 0.15) is 95.1 Å². The third kappa shape index (κ3) is 4.45. The first kappa shape index (κ1) is 23.9. The molecule has 0 aromatic carbocycles. The molecule has 0 atom stereocenters. The zero-order valence-electron chi connectivity index (χ0n) is 19.7. The molecular weight excluding hydrogens is 424 g/mol. The van der Waals surface area contributed by atoms with Gasteiger partial charge >= 0.3 is 11.9 Å². The van der Waals surface area contributed by atoms with Crippen LogP contribution < -0.4 is 0 Å². The van der Waals surface area contributed by atoms with E-state index < -0.39 is 11.9 Å². The third-order valence-electron chi connectivity index (χ3n) is 5.83. The van der Waals surface area contributed by atoms with E-state index in [4.69, 9.17) is 4.74 Å². The molecule has 168 valence electrons. The van der Waals surface area contributed by atoms with E-state index in [9.17, 15) is 9.59 Å². The molecule has 3 heterocycles. The Labute approximate surface area is 194 Å². The number of esters is 2. The number of cyclic esters (lactones) is 2. The zero-order valence-corrected chi connectivity index (χ0v) is 21.3. The van der Waals surface area contributed by atoms with E-state index in [1.165, 1.54) is 20.9 Å². The van der Waals surface area contributed by atoms with Crippen LogP contribution in [0.25, 0.3) is 11.1 Å². The minimum Gasteiger partial charge on any atom is -0.386 e. The normalized spacial score (nSPS) is 14.1. The van der Waals surface area contributed by atoms with Crippen LogP contribution in [0.15, 0.2) is 0 Å². The second kappa shape index (κ2) is 10.3. The lowest BCUT2D eigenvalue weighted by molar-refractivity contribution is -0.149. The van der Waals surface area contributed by atoms with Gasteiger partial charge in [-0.2, -0.15) is 0 Å². The van der Waals surface area contributed by atoms with E-state index in [0.29, 0.717) is 11.1 Å². The van der Waals surface area contributed by atoms with Gasteiger partial charge in [0, 0.05) is 30.6 Å². The maximum atomic E-state index is 13.1. The molecule has 5 heteroatoms. The van der Waals surface area contributed by atoms with Gasteiger partial charge in [0.15, 0.2) is 0 Å². The van der Waals surface area contributed by atoms with Crippen LogP contribution >= 0.6 is 22.7 Å². The highest BCUT2D eigenvalue weighted by Crippen LogP contribution is 2.45. The number of carbonyl (C=O) groups excluding carboxylic acids is 2. The number of rotatable bonds is 10. The molecule has 31 heavy (non-hydrogen) atoms. The van der Waals surface area contributed by atoms with Crippen LogP contribution in [0.3, 0.4) is 0 Å². The molecule has 1 aliphatic rings. The molecule has 0 spiro atoms. The van der Waals surface area contributed by atoms with E-state index in [0.717, 1.165) is 72.2 Å².